The van der Waals surface area contributed by atoms with Gasteiger partial charge in [0.15, 0.2) is 0 Å². The van der Waals surface area contributed by atoms with Crippen LogP contribution in [0, 0.1) is 11.8 Å². The lowest BCUT2D eigenvalue weighted by Gasteiger charge is -2.35. The van der Waals surface area contributed by atoms with Gasteiger partial charge < -0.3 is 9.73 Å². The largest absolute Gasteiger partial charge is 0.468 e. The maximum absolute atomic E-state index is 5.61. The molecular weight excluding hydrogens is 236 g/mol. The third-order valence-electron chi connectivity index (χ3n) is 4.36. The predicted octanol–water partition coefficient (Wildman–Crippen LogP) is 3.26. The number of hydrogen-bond acceptors (Lipinski definition) is 3. The number of hydrogen-bond donors (Lipinski definition) is 1. The molecule has 1 fully saturated rings. The molecule has 2 unspecified atom stereocenters. The molecule has 3 nitrogen and oxygen atoms in total. The Bertz CT molecular complexity index is 375. The van der Waals surface area contributed by atoms with Crippen molar-refractivity contribution < 1.29 is 4.42 Å². The molecule has 2 rings (SSSR count). The molecular formula is C16H28N2O. The number of furan rings is 1. The molecule has 0 bridgehead atoms. The van der Waals surface area contributed by atoms with Crippen LogP contribution in [0.2, 0.25) is 0 Å². The van der Waals surface area contributed by atoms with Crippen molar-refractivity contribution in [1.82, 2.24) is 10.2 Å². The lowest BCUT2D eigenvalue weighted by atomic mass is 9.88. The third kappa shape index (κ3) is 4.08. The van der Waals surface area contributed by atoms with E-state index in [4.69, 9.17) is 4.42 Å². The van der Waals surface area contributed by atoms with Crippen LogP contribution < -0.4 is 5.32 Å². The lowest BCUT2D eigenvalue weighted by molar-refractivity contribution is 0.131. The molecule has 0 aromatic carbocycles. The minimum atomic E-state index is 0.808. The van der Waals surface area contributed by atoms with Crippen LogP contribution in [0.3, 0.4) is 0 Å². The van der Waals surface area contributed by atoms with Gasteiger partial charge in [-0.15, -0.1) is 0 Å². The normalized spacial score (nSPS) is 24.8. The van der Waals surface area contributed by atoms with Gasteiger partial charge in [0.2, 0.25) is 0 Å². The molecule has 19 heavy (non-hydrogen) atoms. The van der Waals surface area contributed by atoms with Gasteiger partial charge in [0.05, 0.1) is 12.8 Å². The first-order valence-electron chi connectivity index (χ1n) is 7.69. The molecule has 0 radical (unpaired) electrons. The zero-order valence-electron chi connectivity index (χ0n) is 12.6. The average Bonchev–Trinajstić information content (AvgIpc) is 2.82. The van der Waals surface area contributed by atoms with E-state index < -0.39 is 0 Å². The highest BCUT2D eigenvalue weighted by Gasteiger charge is 2.23. The number of nitrogens with one attached hydrogen (secondary N) is 1. The molecule has 1 saturated heterocycles. The maximum Gasteiger partial charge on any atom is 0.122 e. The Morgan fingerprint density at radius 2 is 2.21 bits per heavy atom. The van der Waals surface area contributed by atoms with Crippen LogP contribution in [0.4, 0.5) is 0 Å². The summed E-state index contributed by atoms with van der Waals surface area (Å²) < 4.78 is 5.61. The number of rotatable bonds is 6. The van der Waals surface area contributed by atoms with Crippen LogP contribution in [0.15, 0.2) is 16.7 Å². The van der Waals surface area contributed by atoms with Crippen LogP contribution in [-0.2, 0) is 13.1 Å². The van der Waals surface area contributed by atoms with E-state index in [-0.39, 0.29) is 0 Å². The van der Waals surface area contributed by atoms with Crippen molar-refractivity contribution >= 4 is 0 Å². The quantitative estimate of drug-likeness (QED) is 0.799. The van der Waals surface area contributed by atoms with Gasteiger partial charge in [0.1, 0.15) is 5.76 Å². The smallest absolute Gasteiger partial charge is 0.122 e. The summed E-state index contributed by atoms with van der Waals surface area (Å²) in [6.07, 6.45) is 4.31. The van der Waals surface area contributed by atoms with Crippen LogP contribution in [0.5, 0.6) is 0 Å². The van der Waals surface area contributed by atoms with Crippen LogP contribution in [0.25, 0.3) is 0 Å². The predicted molar refractivity (Wildman–Crippen MR) is 78.9 cm³/mol. The monoisotopic (exact) mass is 264 g/mol. The van der Waals surface area contributed by atoms with Crippen LogP contribution in [-0.4, -0.2) is 24.5 Å². The fraction of sp³-hybridized carbons (Fsp3) is 0.750. The first kappa shape index (κ1) is 14.6. The van der Waals surface area contributed by atoms with E-state index in [1.165, 1.54) is 25.1 Å². The van der Waals surface area contributed by atoms with E-state index in [0.717, 1.165) is 43.7 Å². The standard InChI is InChI=1S/C16H28N2O/c1-4-7-17-10-16-15(6-9-19-16)12-18-8-5-13(2)14(3)11-18/h6,9,13-14,17H,4-5,7-8,10-12H2,1-3H3. The summed E-state index contributed by atoms with van der Waals surface area (Å²) in [5.41, 5.74) is 1.35. The van der Waals surface area contributed by atoms with Crippen molar-refractivity contribution in [2.75, 3.05) is 19.6 Å². The van der Waals surface area contributed by atoms with Gasteiger partial charge in [0.25, 0.3) is 0 Å². The SMILES string of the molecule is CCCNCc1occc1CN1CCC(C)C(C)C1. The van der Waals surface area contributed by atoms with Crippen molar-refractivity contribution in [2.24, 2.45) is 11.8 Å². The van der Waals surface area contributed by atoms with Crippen molar-refractivity contribution in [3.63, 3.8) is 0 Å². The highest BCUT2D eigenvalue weighted by atomic mass is 16.3. The van der Waals surface area contributed by atoms with Crippen molar-refractivity contribution in [3.8, 4) is 0 Å². The molecule has 108 valence electrons. The van der Waals surface area contributed by atoms with E-state index in [9.17, 15) is 0 Å². The molecule has 0 saturated carbocycles. The Labute approximate surface area is 117 Å². The fourth-order valence-electron chi connectivity index (χ4n) is 2.78. The Balaban J connectivity index is 1.87. The van der Waals surface area contributed by atoms with Gasteiger partial charge in [0, 0.05) is 18.7 Å². The minimum absolute atomic E-state index is 0.808. The molecule has 1 aliphatic heterocycles. The van der Waals surface area contributed by atoms with Gasteiger partial charge in [-0.3, -0.25) is 4.90 Å². The number of likely N-dealkylation sites (tertiary alicyclic amines) is 1. The molecule has 0 aliphatic carbocycles. The second-order valence-corrected chi connectivity index (χ2v) is 6.02. The van der Waals surface area contributed by atoms with E-state index in [0.29, 0.717) is 0 Å². The second-order valence-electron chi connectivity index (χ2n) is 6.02. The van der Waals surface area contributed by atoms with Crippen molar-refractivity contribution in [3.05, 3.63) is 23.7 Å². The summed E-state index contributed by atoms with van der Waals surface area (Å²) in [5, 5.41) is 3.42. The lowest BCUT2D eigenvalue weighted by Crippen LogP contribution is -2.38. The van der Waals surface area contributed by atoms with Crippen molar-refractivity contribution in [2.45, 2.75) is 46.7 Å². The molecule has 1 N–H and O–H groups in total. The summed E-state index contributed by atoms with van der Waals surface area (Å²) >= 11 is 0. The highest BCUT2D eigenvalue weighted by molar-refractivity contribution is 5.17. The molecule has 1 aromatic rings. The molecule has 2 heterocycles. The Morgan fingerprint density at radius 1 is 1.37 bits per heavy atom. The zero-order valence-corrected chi connectivity index (χ0v) is 12.6. The topological polar surface area (TPSA) is 28.4 Å². The molecule has 3 heteroatoms. The molecule has 2 atom stereocenters. The molecule has 0 amide bonds. The third-order valence-corrected chi connectivity index (χ3v) is 4.36. The van der Waals surface area contributed by atoms with E-state index in [1.54, 1.807) is 0 Å². The molecule has 0 spiro atoms. The Morgan fingerprint density at radius 3 is 2.95 bits per heavy atom. The first-order chi connectivity index (χ1) is 9.20. The number of nitrogens with zero attached hydrogens (tertiary/aromatic N) is 1. The molecule has 1 aromatic heterocycles. The fourth-order valence-corrected chi connectivity index (χ4v) is 2.78. The summed E-state index contributed by atoms with van der Waals surface area (Å²) in [6, 6.07) is 2.13. The zero-order chi connectivity index (χ0) is 13.7. The summed E-state index contributed by atoms with van der Waals surface area (Å²) in [5.74, 6) is 2.79. The summed E-state index contributed by atoms with van der Waals surface area (Å²) in [6.45, 7) is 12.3. The van der Waals surface area contributed by atoms with E-state index >= 15 is 0 Å². The Hall–Kier alpha value is -0.800. The number of piperidine rings is 1. The maximum atomic E-state index is 5.61. The van der Waals surface area contributed by atoms with Gasteiger partial charge >= 0.3 is 0 Å². The van der Waals surface area contributed by atoms with E-state index in [2.05, 4.69) is 37.1 Å². The van der Waals surface area contributed by atoms with Crippen LogP contribution in [0.1, 0.15) is 44.9 Å². The van der Waals surface area contributed by atoms with Gasteiger partial charge in [-0.25, -0.2) is 0 Å². The molecule has 1 aliphatic rings. The minimum Gasteiger partial charge on any atom is -0.468 e. The highest BCUT2D eigenvalue weighted by Crippen LogP contribution is 2.24. The van der Waals surface area contributed by atoms with Gasteiger partial charge in [-0.2, -0.15) is 0 Å². The second kappa shape index (κ2) is 7.11. The van der Waals surface area contributed by atoms with Crippen LogP contribution >= 0.6 is 0 Å². The first-order valence-corrected chi connectivity index (χ1v) is 7.69. The van der Waals surface area contributed by atoms with E-state index in [1.807, 2.05) is 6.26 Å². The summed E-state index contributed by atoms with van der Waals surface area (Å²) in [7, 11) is 0. The van der Waals surface area contributed by atoms with Crippen molar-refractivity contribution in [1.29, 1.82) is 0 Å². The Kier molecular flexibility index (Phi) is 5.46. The average molecular weight is 264 g/mol. The van der Waals surface area contributed by atoms with Gasteiger partial charge in [-0.1, -0.05) is 20.8 Å². The van der Waals surface area contributed by atoms with Gasteiger partial charge in [-0.05, 0) is 43.8 Å². The summed E-state index contributed by atoms with van der Waals surface area (Å²) in [4.78, 5) is 2.57.